The highest BCUT2D eigenvalue weighted by molar-refractivity contribution is 5.85. The number of hydrogen-bond acceptors (Lipinski definition) is 4. The van der Waals surface area contributed by atoms with Gasteiger partial charge in [-0.15, -0.1) is 22.6 Å². The maximum Gasteiger partial charge on any atom is 0.135 e. The zero-order valence-corrected chi connectivity index (χ0v) is 11.4. The molecule has 0 saturated carbocycles. The molecular formula is C12H21ClN4O. The minimum Gasteiger partial charge on any atom is -0.379 e. The van der Waals surface area contributed by atoms with E-state index in [-0.39, 0.29) is 12.4 Å². The van der Waals surface area contributed by atoms with Crippen LogP contribution in [0.15, 0.2) is 0 Å². The number of nitrogens with one attached hydrogen (secondary N) is 1. The van der Waals surface area contributed by atoms with Crippen molar-refractivity contribution in [3.05, 3.63) is 11.6 Å². The number of halogens is 1. The molecule has 2 aliphatic heterocycles. The highest BCUT2D eigenvalue weighted by Gasteiger charge is 2.19. The van der Waals surface area contributed by atoms with E-state index in [9.17, 15) is 0 Å². The van der Waals surface area contributed by atoms with Crippen molar-refractivity contribution in [2.45, 2.75) is 32.2 Å². The first-order valence-corrected chi connectivity index (χ1v) is 6.63. The van der Waals surface area contributed by atoms with E-state index in [1.54, 1.807) is 0 Å². The van der Waals surface area contributed by atoms with Gasteiger partial charge in [-0.1, -0.05) is 0 Å². The van der Waals surface area contributed by atoms with Gasteiger partial charge in [0.05, 0.1) is 13.2 Å². The first-order valence-electron chi connectivity index (χ1n) is 6.63. The smallest absolute Gasteiger partial charge is 0.135 e. The Balaban J connectivity index is 0.00000120. The lowest BCUT2D eigenvalue weighted by Crippen LogP contribution is -2.29. The fourth-order valence-corrected chi connectivity index (χ4v) is 2.73. The maximum absolute atomic E-state index is 5.48. The van der Waals surface area contributed by atoms with Crippen LogP contribution in [0.5, 0.6) is 0 Å². The van der Waals surface area contributed by atoms with Gasteiger partial charge in [-0.2, -0.15) is 0 Å². The zero-order valence-electron chi connectivity index (χ0n) is 10.6. The van der Waals surface area contributed by atoms with E-state index < -0.39 is 0 Å². The molecule has 0 spiro atoms. The summed E-state index contributed by atoms with van der Waals surface area (Å²) in [6.45, 7) is 4.79. The molecule has 0 radical (unpaired) electrons. The summed E-state index contributed by atoms with van der Waals surface area (Å²) in [4.78, 5) is 0. The number of piperidine rings is 1. The summed E-state index contributed by atoms with van der Waals surface area (Å²) in [6, 6.07) is 0. The maximum atomic E-state index is 5.48. The zero-order chi connectivity index (χ0) is 11.5. The van der Waals surface area contributed by atoms with Crippen LogP contribution in [0.3, 0.4) is 0 Å². The Bertz CT molecular complexity index is 376. The first-order chi connectivity index (χ1) is 8.43. The van der Waals surface area contributed by atoms with E-state index in [2.05, 4.69) is 20.1 Å². The molecular weight excluding hydrogens is 252 g/mol. The fraction of sp³-hybridized carbons (Fsp3) is 0.833. The molecule has 102 valence electrons. The number of ether oxygens (including phenoxy) is 1. The summed E-state index contributed by atoms with van der Waals surface area (Å²) >= 11 is 0. The second kappa shape index (κ2) is 6.50. The van der Waals surface area contributed by atoms with Gasteiger partial charge in [-0.3, -0.25) is 0 Å². The molecule has 6 heteroatoms. The first kappa shape index (κ1) is 13.8. The third-order valence-electron chi connectivity index (χ3n) is 3.76. The van der Waals surface area contributed by atoms with E-state index in [1.807, 2.05) is 0 Å². The average molecular weight is 273 g/mol. The Kier molecular flexibility index (Phi) is 4.97. The molecule has 1 aromatic heterocycles. The molecule has 1 fully saturated rings. The number of aromatic nitrogens is 3. The average Bonchev–Trinajstić information content (AvgIpc) is 2.61. The van der Waals surface area contributed by atoms with Crippen molar-refractivity contribution in [3.8, 4) is 0 Å². The molecule has 2 aliphatic rings. The molecule has 18 heavy (non-hydrogen) atoms. The van der Waals surface area contributed by atoms with Crippen LogP contribution in [0.25, 0.3) is 0 Å². The molecule has 3 heterocycles. The number of rotatable bonds is 2. The fourth-order valence-electron chi connectivity index (χ4n) is 2.73. The topological polar surface area (TPSA) is 52.0 Å². The van der Waals surface area contributed by atoms with Crippen LogP contribution in [0, 0.1) is 5.92 Å². The molecule has 5 nitrogen and oxygen atoms in total. The molecule has 1 N–H and O–H groups in total. The van der Waals surface area contributed by atoms with Crippen LogP contribution in [0.4, 0.5) is 0 Å². The summed E-state index contributed by atoms with van der Waals surface area (Å²) in [5.41, 5.74) is 0. The lowest BCUT2D eigenvalue weighted by molar-refractivity contribution is 0.139. The van der Waals surface area contributed by atoms with Gasteiger partial charge in [0.2, 0.25) is 0 Å². The summed E-state index contributed by atoms with van der Waals surface area (Å²) < 4.78 is 7.75. The van der Waals surface area contributed by atoms with Crippen LogP contribution in [0.2, 0.25) is 0 Å². The Morgan fingerprint density at radius 3 is 2.89 bits per heavy atom. The van der Waals surface area contributed by atoms with Gasteiger partial charge >= 0.3 is 0 Å². The van der Waals surface area contributed by atoms with Gasteiger partial charge in [-0.05, 0) is 31.8 Å². The van der Waals surface area contributed by atoms with Crippen LogP contribution < -0.4 is 5.32 Å². The van der Waals surface area contributed by atoms with E-state index in [0.717, 1.165) is 63.3 Å². The lowest BCUT2D eigenvalue weighted by atomic mass is 9.94. The lowest BCUT2D eigenvalue weighted by Gasteiger charge is -2.22. The molecule has 0 aromatic carbocycles. The van der Waals surface area contributed by atoms with Crippen molar-refractivity contribution in [3.63, 3.8) is 0 Å². The van der Waals surface area contributed by atoms with Gasteiger partial charge in [-0.25, -0.2) is 0 Å². The van der Waals surface area contributed by atoms with Crippen LogP contribution >= 0.6 is 12.4 Å². The third kappa shape index (κ3) is 3.02. The predicted molar refractivity (Wildman–Crippen MR) is 71.1 cm³/mol. The summed E-state index contributed by atoms with van der Waals surface area (Å²) in [5, 5.41) is 12.1. The highest BCUT2D eigenvalue weighted by Crippen LogP contribution is 2.18. The molecule has 3 rings (SSSR count). The number of hydrogen-bond donors (Lipinski definition) is 1. The van der Waals surface area contributed by atoms with Gasteiger partial charge in [0, 0.05) is 19.4 Å². The largest absolute Gasteiger partial charge is 0.379 e. The standard InChI is InChI=1S/C12H20N4O.ClH/c1-4-13-5-2-10(1)9-12-15-14-11-3-7-17-8-6-16(11)12;/h10,13H,1-9H2;1H. The van der Waals surface area contributed by atoms with Crippen LogP contribution in [0.1, 0.15) is 24.5 Å². The van der Waals surface area contributed by atoms with Crippen molar-refractivity contribution in [1.29, 1.82) is 0 Å². The molecule has 0 aliphatic carbocycles. The van der Waals surface area contributed by atoms with Gasteiger partial charge in [0.25, 0.3) is 0 Å². The molecule has 0 bridgehead atoms. The van der Waals surface area contributed by atoms with Gasteiger partial charge < -0.3 is 14.6 Å². The van der Waals surface area contributed by atoms with Crippen molar-refractivity contribution in [1.82, 2.24) is 20.1 Å². The normalized spacial score (nSPS) is 20.9. The summed E-state index contributed by atoms with van der Waals surface area (Å²) in [6.07, 6.45) is 4.51. The van der Waals surface area contributed by atoms with Gasteiger partial charge in [0.1, 0.15) is 11.6 Å². The van der Waals surface area contributed by atoms with Crippen LogP contribution in [-0.2, 0) is 24.1 Å². The summed E-state index contributed by atoms with van der Waals surface area (Å²) in [5.74, 6) is 3.04. The molecule has 1 aromatic rings. The van der Waals surface area contributed by atoms with Crippen LogP contribution in [-0.4, -0.2) is 41.1 Å². The van der Waals surface area contributed by atoms with E-state index in [4.69, 9.17) is 4.74 Å². The van der Waals surface area contributed by atoms with E-state index >= 15 is 0 Å². The second-order valence-corrected chi connectivity index (χ2v) is 4.94. The van der Waals surface area contributed by atoms with Crippen molar-refractivity contribution >= 4 is 12.4 Å². The molecule has 0 amide bonds. The van der Waals surface area contributed by atoms with E-state index in [1.165, 1.54) is 12.8 Å². The molecule has 0 unspecified atom stereocenters. The van der Waals surface area contributed by atoms with E-state index in [0.29, 0.717) is 0 Å². The van der Waals surface area contributed by atoms with Crippen molar-refractivity contribution in [2.75, 3.05) is 26.3 Å². The molecule has 1 saturated heterocycles. The number of fused-ring (bicyclic) bond motifs is 1. The predicted octanol–water partition coefficient (Wildman–Crippen LogP) is 0.815. The molecule has 0 atom stereocenters. The Labute approximate surface area is 114 Å². The minimum atomic E-state index is 0. The monoisotopic (exact) mass is 272 g/mol. The highest BCUT2D eigenvalue weighted by atomic mass is 35.5. The minimum absolute atomic E-state index is 0. The second-order valence-electron chi connectivity index (χ2n) is 4.94. The van der Waals surface area contributed by atoms with Crippen molar-refractivity contribution < 1.29 is 4.74 Å². The van der Waals surface area contributed by atoms with Crippen molar-refractivity contribution in [2.24, 2.45) is 5.92 Å². The van der Waals surface area contributed by atoms with Gasteiger partial charge in [0.15, 0.2) is 0 Å². The SMILES string of the molecule is C1CC(Cc2nnc3n2CCOCC3)CCN1.Cl. The Morgan fingerprint density at radius 2 is 2.06 bits per heavy atom. The Hall–Kier alpha value is -0.650. The Morgan fingerprint density at radius 1 is 1.22 bits per heavy atom. The number of nitrogens with zero attached hydrogens (tertiary/aromatic N) is 3. The summed E-state index contributed by atoms with van der Waals surface area (Å²) in [7, 11) is 0. The third-order valence-corrected chi connectivity index (χ3v) is 3.76. The quantitative estimate of drug-likeness (QED) is 0.866.